The smallest absolute Gasteiger partial charge is 0.348 e. The molecular formula is C17H13FN4O2S. The van der Waals surface area contributed by atoms with Gasteiger partial charge in [0, 0.05) is 5.56 Å². The van der Waals surface area contributed by atoms with Crippen molar-refractivity contribution in [3.8, 4) is 11.4 Å². The minimum Gasteiger partial charge on any atom is -0.462 e. The molecule has 0 saturated carbocycles. The van der Waals surface area contributed by atoms with Crippen molar-refractivity contribution in [2.24, 2.45) is 0 Å². The van der Waals surface area contributed by atoms with E-state index in [4.69, 9.17) is 4.74 Å². The summed E-state index contributed by atoms with van der Waals surface area (Å²) in [6.45, 7) is 3.93. The van der Waals surface area contributed by atoms with Crippen LogP contribution in [0.2, 0.25) is 0 Å². The molecule has 0 fully saturated rings. The van der Waals surface area contributed by atoms with Gasteiger partial charge in [0.1, 0.15) is 21.9 Å². The van der Waals surface area contributed by atoms with Crippen molar-refractivity contribution in [1.29, 1.82) is 0 Å². The average molecular weight is 356 g/mol. The van der Waals surface area contributed by atoms with Crippen molar-refractivity contribution >= 4 is 33.2 Å². The Balaban J connectivity index is 1.91. The van der Waals surface area contributed by atoms with Crippen LogP contribution in [0.5, 0.6) is 0 Å². The van der Waals surface area contributed by atoms with Crippen LogP contribution in [-0.2, 0) is 4.74 Å². The monoisotopic (exact) mass is 356 g/mol. The fraction of sp³-hybridized carbons (Fsp3) is 0.176. The van der Waals surface area contributed by atoms with Crippen molar-refractivity contribution in [3.63, 3.8) is 0 Å². The van der Waals surface area contributed by atoms with E-state index in [1.165, 1.54) is 23.5 Å². The largest absolute Gasteiger partial charge is 0.462 e. The van der Waals surface area contributed by atoms with E-state index in [0.29, 0.717) is 33.3 Å². The van der Waals surface area contributed by atoms with Gasteiger partial charge in [-0.1, -0.05) is 0 Å². The number of benzene rings is 1. The first-order chi connectivity index (χ1) is 12.1. The van der Waals surface area contributed by atoms with E-state index in [2.05, 4.69) is 15.1 Å². The first-order valence-electron chi connectivity index (χ1n) is 7.66. The van der Waals surface area contributed by atoms with Crippen molar-refractivity contribution in [2.45, 2.75) is 13.8 Å². The topological polar surface area (TPSA) is 69.4 Å². The number of aryl methyl sites for hydroxylation is 1. The van der Waals surface area contributed by atoms with Crippen molar-refractivity contribution in [3.05, 3.63) is 46.9 Å². The number of aromatic nitrogens is 4. The molecule has 0 aliphatic rings. The highest BCUT2D eigenvalue weighted by atomic mass is 32.1. The SMILES string of the molecule is CCOC(=O)c1sc2ncn3nc(-c4ccc(F)cc4)nc3c2c1C. The molecule has 0 spiro atoms. The fourth-order valence-corrected chi connectivity index (χ4v) is 3.68. The molecular weight excluding hydrogens is 343 g/mol. The number of nitrogens with zero attached hydrogens (tertiary/aromatic N) is 4. The fourth-order valence-electron chi connectivity index (χ4n) is 2.65. The Labute approximate surface area is 145 Å². The highest BCUT2D eigenvalue weighted by Crippen LogP contribution is 2.32. The predicted octanol–water partition coefficient (Wildman–Crippen LogP) is 3.63. The Morgan fingerprint density at radius 1 is 1.32 bits per heavy atom. The molecule has 3 heterocycles. The number of thiophene rings is 1. The summed E-state index contributed by atoms with van der Waals surface area (Å²) in [5.41, 5.74) is 2.08. The first-order valence-corrected chi connectivity index (χ1v) is 8.47. The van der Waals surface area contributed by atoms with Crippen molar-refractivity contribution in [1.82, 2.24) is 19.6 Å². The van der Waals surface area contributed by atoms with Gasteiger partial charge >= 0.3 is 5.97 Å². The molecule has 8 heteroatoms. The Hall–Kier alpha value is -2.87. The zero-order chi connectivity index (χ0) is 17.6. The molecule has 0 bridgehead atoms. The van der Waals surface area contributed by atoms with E-state index < -0.39 is 0 Å². The Kier molecular flexibility index (Phi) is 3.69. The van der Waals surface area contributed by atoms with Crippen LogP contribution in [0.15, 0.2) is 30.6 Å². The van der Waals surface area contributed by atoms with E-state index in [9.17, 15) is 9.18 Å². The highest BCUT2D eigenvalue weighted by molar-refractivity contribution is 7.20. The molecule has 0 radical (unpaired) electrons. The average Bonchev–Trinajstić information content (AvgIpc) is 3.17. The number of fused-ring (bicyclic) bond motifs is 3. The second-order valence-corrected chi connectivity index (χ2v) is 6.41. The molecule has 0 unspecified atom stereocenters. The lowest BCUT2D eigenvalue weighted by Crippen LogP contribution is -2.03. The van der Waals surface area contributed by atoms with Gasteiger partial charge in [0.05, 0.1) is 12.0 Å². The van der Waals surface area contributed by atoms with E-state index in [-0.39, 0.29) is 11.8 Å². The zero-order valence-electron chi connectivity index (χ0n) is 13.5. The predicted molar refractivity (Wildman–Crippen MR) is 92.3 cm³/mol. The summed E-state index contributed by atoms with van der Waals surface area (Å²) in [5, 5.41) is 5.18. The van der Waals surface area contributed by atoms with Crippen LogP contribution in [0, 0.1) is 12.7 Å². The minimum atomic E-state index is -0.362. The lowest BCUT2D eigenvalue weighted by molar-refractivity contribution is 0.0531. The van der Waals surface area contributed by atoms with Crippen LogP contribution in [0.1, 0.15) is 22.2 Å². The molecule has 4 rings (SSSR count). The van der Waals surface area contributed by atoms with Gasteiger partial charge in [-0.3, -0.25) is 0 Å². The molecule has 0 N–H and O–H groups in total. The Bertz CT molecular complexity index is 1100. The van der Waals surface area contributed by atoms with Gasteiger partial charge in [0.25, 0.3) is 0 Å². The van der Waals surface area contributed by atoms with E-state index in [0.717, 1.165) is 10.9 Å². The lowest BCUT2D eigenvalue weighted by atomic mass is 10.2. The van der Waals surface area contributed by atoms with E-state index in [1.54, 1.807) is 29.9 Å². The molecule has 0 atom stereocenters. The molecule has 0 amide bonds. The summed E-state index contributed by atoms with van der Waals surface area (Å²) in [4.78, 5) is 22.3. The van der Waals surface area contributed by atoms with Gasteiger partial charge in [-0.2, -0.15) is 0 Å². The van der Waals surface area contributed by atoms with Gasteiger partial charge < -0.3 is 4.74 Å². The number of hydrogen-bond acceptors (Lipinski definition) is 6. The highest BCUT2D eigenvalue weighted by Gasteiger charge is 2.21. The quantitative estimate of drug-likeness (QED) is 0.524. The molecule has 0 aliphatic heterocycles. The molecule has 126 valence electrons. The third kappa shape index (κ3) is 2.54. The van der Waals surface area contributed by atoms with Crippen molar-refractivity contribution < 1.29 is 13.9 Å². The molecule has 0 aliphatic carbocycles. The van der Waals surface area contributed by atoms with Gasteiger partial charge in [0.2, 0.25) is 0 Å². The Morgan fingerprint density at radius 3 is 2.80 bits per heavy atom. The standard InChI is InChI=1S/C17H13FN4O2S/c1-3-24-17(23)13-9(2)12-15-20-14(10-4-6-11(18)7-5-10)21-22(15)8-19-16(12)25-13/h4-8H,3H2,1-2H3. The van der Waals surface area contributed by atoms with Crippen molar-refractivity contribution in [2.75, 3.05) is 6.61 Å². The number of halogens is 1. The number of carbonyl (C=O) groups excluding carboxylic acids is 1. The second kappa shape index (κ2) is 5.89. The molecule has 1 aromatic carbocycles. The summed E-state index contributed by atoms with van der Waals surface area (Å²) >= 11 is 1.28. The van der Waals surface area contributed by atoms with Gasteiger partial charge in [0.15, 0.2) is 11.5 Å². The summed E-state index contributed by atoms with van der Waals surface area (Å²) in [5.74, 6) is -0.207. The summed E-state index contributed by atoms with van der Waals surface area (Å²) in [7, 11) is 0. The first kappa shape index (κ1) is 15.6. The van der Waals surface area contributed by atoms with Crippen LogP contribution < -0.4 is 0 Å². The maximum atomic E-state index is 13.1. The molecule has 3 aromatic heterocycles. The zero-order valence-corrected chi connectivity index (χ0v) is 14.3. The molecule has 6 nitrogen and oxygen atoms in total. The Morgan fingerprint density at radius 2 is 2.08 bits per heavy atom. The third-order valence-electron chi connectivity index (χ3n) is 3.83. The van der Waals surface area contributed by atoms with Gasteiger partial charge in [-0.25, -0.2) is 23.7 Å². The minimum absolute atomic E-state index is 0.314. The second-order valence-electron chi connectivity index (χ2n) is 5.41. The van der Waals surface area contributed by atoms with Crippen LogP contribution in [0.4, 0.5) is 4.39 Å². The summed E-state index contributed by atoms with van der Waals surface area (Å²) in [6, 6.07) is 5.98. The molecule has 25 heavy (non-hydrogen) atoms. The van der Waals surface area contributed by atoms with Crippen LogP contribution in [0.25, 0.3) is 27.3 Å². The third-order valence-corrected chi connectivity index (χ3v) is 5.01. The van der Waals surface area contributed by atoms with Crippen LogP contribution in [-0.4, -0.2) is 32.2 Å². The summed E-state index contributed by atoms with van der Waals surface area (Å²) in [6.07, 6.45) is 1.56. The number of rotatable bonds is 3. The van der Waals surface area contributed by atoms with E-state index in [1.807, 2.05) is 6.92 Å². The normalized spacial score (nSPS) is 11.3. The van der Waals surface area contributed by atoms with Crippen LogP contribution in [0.3, 0.4) is 0 Å². The lowest BCUT2D eigenvalue weighted by Gasteiger charge is -1.99. The maximum Gasteiger partial charge on any atom is 0.348 e. The molecule has 4 aromatic rings. The maximum absolute atomic E-state index is 13.1. The van der Waals surface area contributed by atoms with Crippen LogP contribution >= 0.6 is 11.3 Å². The number of esters is 1. The van der Waals surface area contributed by atoms with Gasteiger partial charge in [-0.05, 0) is 43.7 Å². The van der Waals surface area contributed by atoms with E-state index >= 15 is 0 Å². The summed E-state index contributed by atoms with van der Waals surface area (Å²) < 4.78 is 19.8. The molecule has 0 saturated heterocycles. The number of carbonyl (C=O) groups is 1. The number of ether oxygens (including phenoxy) is 1. The number of hydrogen-bond donors (Lipinski definition) is 0. The van der Waals surface area contributed by atoms with Gasteiger partial charge in [-0.15, -0.1) is 16.4 Å².